The van der Waals surface area contributed by atoms with Crippen molar-refractivity contribution in [2.75, 3.05) is 31.6 Å². The van der Waals surface area contributed by atoms with Gasteiger partial charge in [-0.1, -0.05) is 23.7 Å². The van der Waals surface area contributed by atoms with Gasteiger partial charge < -0.3 is 15.2 Å². The van der Waals surface area contributed by atoms with Crippen LogP contribution in [0.4, 0.5) is 14.9 Å². The zero-order chi connectivity index (χ0) is 22.2. The zero-order valence-corrected chi connectivity index (χ0v) is 18.7. The van der Waals surface area contributed by atoms with Crippen molar-refractivity contribution in [3.8, 4) is 0 Å². The Balaban J connectivity index is 1.39. The standard InChI is InChI=1S/C25H26ClFN4O/c1-28-25(32)31-15-18(21-13-20(27)6-7-23(21)31)3-2-17-14-29-10-8-22(17)30-11-9-16-4-5-19(26)12-24(16)30/h4-9,11-13,17-18,29H,2-3,10,14-15H2,1H3,(H,28,32). The maximum atomic E-state index is 14.0. The Morgan fingerprint density at radius 1 is 1.19 bits per heavy atom. The highest BCUT2D eigenvalue weighted by atomic mass is 35.5. The Morgan fingerprint density at radius 2 is 2.03 bits per heavy atom. The van der Waals surface area contributed by atoms with Gasteiger partial charge in [-0.15, -0.1) is 0 Å². The molecule has 2 N–H and O–H groups in total. The number of nitrogens with zero attached hydrogens (tertiary/aromatic N) is 2. The van der Waals surface area contributed by atoms with Crippen LogP contribution in [0.15, 0.2) is 54.7 Å². The van der Waals surface area contributed by atoms with Crippen LogP contribution in [-0.4, -0.2) is 37.3 Å². The number of carbonyl (C=O) groups excluding carboxylic acids is 1. The molecule has 2 atom stereocenters. The smallest absolute Gasteiger partial charge is 0.321 e. The predicted octanol–water partition coefficient (Wildman–Crippen LogP) is 5.22. The molecule has 32 heavy (non-hydrogen) atoms. The average molecular weight is 453 g/mol. The number of carbonyl (C=O) groups is 1. The number of benzene rings is 2. The molecule has 2 aromatic carbocycles. The van der Waals surface area contributed by atoms with E-state index in [4.69, 9.17) is 11.6 Å². The number of rotatable bonds is 4. The number of anilines is 1. The number of aromatic nitrogens is 1. The first-order valence-electron chi connectivity index (χ1n) is 11.0. The number of nitrogens with one attached hydrogen (secondary N) is 2. The van der Waals surface area contributed by atoms with E-state index in [9.17, 15) is 9.18 Å². The van der Waals surface area contributed by atoms with Crippen molar-refractivity contribution in [2.24, 2.45) is 5.92 Å². The lowest BCUT2D eigenvalue weighted by molar-refractivity contribution is 0.248. The van der Waals surface area contributed by atoms with Crippen LogP contribution in [0, 0.1) is 11.7 Å². The maximum Gasteiger partial charge on any atom is 0.321 e. The molecule has 2 aliphatic rings. The molecule has 1 aromatic heterocycles. The molecule has 2 unspecified atom stereocenters. The number of halogens is 2. The maximum absolute atomic E-state index is 14.0. The fourth-order valence-electron chi connectivity index (χ4n) is 5.07. The van der Waals surface area contributed by atoms with Gasteiger partial charge in [-0.05, 0) is 54.8 Å². The summed E-state index contributed by atoms with van der Waals surface area (Å²) in [5.41, 5.74) is 4.09. The van der Waals surface area contributed by atoms with E-state index in [-0.39, 0.29) is 17.8 Å². The van der Waals surface area contributed by atoms with Gasteiger partial charge in [0, 0.05) is 66.5 Å². The molecule has 5 rings (SSSR count). The Morgan fingerprint density at radius 3 is 2.88 bits per heavy atom. The summed E-state index contributed by atoms with van der Waals surface area (Å²) in [5, 5.41) is 8.06. The van der Waals surface area contributed by atoms with Gasteiger partial charge in [0.1, 0.15) is 5.82 Å². The van der Waals surface area contributed by atoms with Crippen LogP contribution < -0.4 is 15.5 Å². The summed E-state index contributed by atoms with van der Waals surface area (Å²) >= 11 is 6.27. The van der Waals surface area contributed by atoms with Crippen molar-refractivity contribution >= 4 is 39.9 Å². The first-order valence-corrected chi connectivity index (χ1v) is 11.4. The van der Waals surface area contributed by atoms with Crippen LogP contribution in [0.3, 0.4) is 0 Å². The van der Waals surface area contributed by atoms with Crippen molar-refractivity contribution in [1.29, 1.82) is 0 Å². The lowest BCUT2D eigenvalue weighted by atomic mass is 9.89. The number of hydrogen-bond acceptors (Lipinski definition) is 2. The third-order valence-electron chi connectivity index (χ3n) is 6.64. The Bertz CT molecular complexity index is 1200. The minimum Gasteiger partial charge on any atom is -0.341 e. The van der Waals surface area contributed by atoms with E-state index in [0.29, 0.717) is 12.5 Å². The molecule has 3 heterocycles. The first kappa shape index (κ1) is 21.0. The van der Waals surface area contributed by atoms with Crippen LogP contribution in [-0.2, 0) is 0 Å². The van der Waals surface area contributed by atoms with Crippen LogP contribution >= 0.6 is 11.6 Å². The molecule has 2 amide bonds. The lowest BCUT2D eigenvalue weighted by Crippen LogP contribution is -2.37. The summed E-state index contributed by atoms with van der Waals surface area (Å²) in [6.45, 7) is 2.28. The van der Waals surface area contributed by atoms with Crippen LogP contribution in [0.25, 0.3) is 16.6 Å². The number of amides is 2. The van der Waals surface area contributed by atoms with E-state index in [1.807, 2.05) is 18.2 Å². The van der Waals surface area contributed by atoms with Gasteiger partial charge in [0.15, 0.2) is 0 Å². The fourth-order valence-corrected chi connectivity index (χ4v) is 5.24. The number of hydrogen-bond donors (Lipinski definition) is 2. The third-order valence-corrected chi connectivity index (χ3v) is 6.88. The Labute approximate surface area is 191 Å². The average Bonchev–Trinajstić information content (AvgIpc) is 3.38. The fraction of sp³-hybridized carbons (Fsp3) is 0.320. The molecule has 3 aromatic rings. The predicted molar refractivity (Wildman–Crippen MR) is 128 cm³/mol. The van der Waals surface area contributed by atoms with Crippen molar-refractivity contribution < 1.29 is 9.18 Å². The molecular weight excluding hydrogens is 427 g/mol. The molecule has 0 fully saturated rings. The molecule has 0 spiro atoms. The molecule has 0 bridgehead atoms. The topological polar surface area (TPSA) is 49.3 Å². The van der Waals surface area contributed by atoms with E-state index in [2.05, 4.69) is 33.5 Å². The zero-order valence-electron chi connectivity index (χ0n) is 17.9. The normalized spacial score (nSPS) is 20.3. The Kier molecular flexibility index (Phi) is 5.66. The van der Waals surface area contributed by atoms with E-state index >= 15 is 0 Å². The minimum atomic E-state index is -0.261. The second kappa shape index (κ2) is 8.60. The molecule has 2 aliphatic heterocycles. The summed E-state index contributed by atoms with van der Waals surface area (Å²) < 4.78 is 16.3. The second-order valence-electron chi connectivity index (χ2n) is 8.52. The van der Waals surface area contributed by atoms with Gasteiger partial charge in [0.2, 0.25) is 0 Å². The SMILES string of the molecule is CNC(=O)N1CC(CCC2CNCC=C2n2ccc3ccc(Cl)cc32)c2cc(F)ccc21. The highest BCUT2D eigenvalue weighted by molar-refractivity contribution is 6.31. The highest BCUT2D eigenvalue weighted by Crippen LogP contribution is 2.41. The van der Waals surface area contributed by atoms with Gasteiger partial charge >= 0.3 is 6.03 Å². The van der Waals surface area contributed by atoms with Gasteiger partial charge in [-0.25, -0.2) is 9.18 Å². The van der Waals surface area contributed by atoms with Gasteiger partial charge in [-0.3, -0.25) is 4.90 Å². The van der Waals surface area contributed by atoms with E-state index in [1.54, 1.807) is 24.1 Å². The monoisotopic (exact) mass is 452 g/mol. The largest absolute Gasteiger partial charge is 0.341 e. The molecule has 7 heteroatoms. The first-order chi connectivity index (χ1) is 15.5. The molecular formula is C25H26ClFN4O. The summed E-state index contributed by atoms with van der Waals surface area (Å²) in [5.74, 6) is 0.157. The van der Waals surface area contributed by atoms with Gasteiger partial charge in [0.25, 0.3) is 0 Å². The lowest BCUT2D eigenvalue weighted by Gasteiger charge is -2.27. The van der Waals surface area contributed by atoms with Crippen molar-refractivity contribution in [3.05, 3.63) is 71.1 Å². The third kappa shape index (κ3) is 3.78. The van der Waals surface area contributed by atoms with Crippen LogP contribution in [0.5, 0.6) is 0 Å². The molecule has 0 radical (unpaired) electrons. The summed E-state index contributed by atoms with van der Waals surface area (Å²) in [6.07, 6.45) is 6.15. The quantitative estimate of drug-likeness (QED) is 0.570. The summed E-state index contributed by atoms with van der Waals surface area (Å²) in [7, 11) is 1.62. The van der Waals surface area contributed by atoms with Crippen molar-refractivity contribution in [2.45, 2.75) is 18.8 Å². The van der Waals surface area contributed by atoms with Crippen molar-refractivity contribution in [3.63, 3.8) is 0 Å². The second-order valence-corrected chi connectivity index (χ2v) is 8.95. The molecule has 0 saturated heterocycles. The van der Waals surface area contributed by atoms with Gasteiger partial charge in [0.05, 0.1) is 5.52 Å². The molecule has 0 saturated carbocycles. The van der Waals surface area contributed by atoms with E-state index < -0.39 is 0 Å². The van der Waals surface area contributed by atoms with Gasteiger partial charge in [-0.2, -0.15) is 0 Å². The summed E-state index contributed by atoms with van der Waals surface area (Å²) in [6, 6.07) is 12.6. The minimum absolute atomic E-state index is 0.108. The van der Waals surface area contributed by atoms with Crippen LogP contribution in [0.1, 0.15) is 24.3 Å². The molecule has 166 valence electrons. The number of urea groups is 1. The highest BCUT2D eigenvalue weighted by Gasteiger charge is 2.33. The van der Waals surface area contributed by atoms with Crippen LogP contribution in [0.2, 0.25) is 5.02 Å². The van der Waals surface area contributed by atoms with Crippen molar-refractivity contribution in [1.82, 2.24) is 15.2 Å². The summed E-state index contributed by atoms with van der Waals surface area (Å²) in [4.78, 5) is 14.1. The van der Waals surface area contributed by atoms with E-state index in [0.717, 1.165) is 53.1 Å². The Hall–Kier alpha value is -2.83. The van der Waals surface area contributed by atoms with E-state index in [1.165, 1.54) is 11.8 Å². The number of fused-ring (bicyclic) bond motifs is 2. The molecule has 5 nitrogen and oxygen atoms in total. The molecule has 0 aliphatic carbocycles.